The highest BCUT2D eigenvalue weighted by Gasteiger charge is 2.14. The second kappa shape index (κ2) is 5.76. The van der Waals surface area contributed by atoms with Crippen molar-refractivity contribution in [3.63, 3.8) is 0 Å². The summed E-state index contributed by atoms with van der Waals surface area (Å²) in [4.78, 5) is 7.91. The standard InChI is InChI=1S/C10H13N5O3S/c1-11-10-6-8(2-4-12-10)19(16,17)14-5-3-9-13-7-18-15-9/h2,4,6-7,14H,3,5H2,1H3,(H,11,12). The van der Waals surface area contributed by atoms with Gasteiger partial charge < -0.3 is 9.84 Å². The number of sulfonamides is 1. The van der Waals surface area contributed by atoms with Crippen LogP contribution in [0, 0.1) is 0 Å². The molecule has 0 aliphatic heterocycles. The zero-order valence-electron chi connectivity index (χ0n) is 10.2. The summed E-state index contributed by atoms with van der Waals surface area (Å²) in [5.74, 6) is 0.939. The van der Waals surface area contributed by atoms with Crippen molar-refractivity contribution in [2.75, 3.05) is 18.9 Å². The zero-order chi connectivity index (χ0) is 13.7. The molecule has 0 spiro atoms. The molecule has 2 heterocycles. The summed E-state index contributed by atoms with van der Waals surface area (Å²) < 4.78 is 31.0. The van der Waals surface area contributed by atoms with Gasteiger partial charge in [-0.05, 0) is 6.07 Å². The van der Waals surface area contributed by atoms with E-state index in [1.54, 1.807) is 7.05 Å². The molecule has 0 bridgehead atoms. The first-order chi connectivity index (χ1) is 9.12. The number of rotatable bonds is 6. The Morgan fingerprint density at radius 3 is 2.89 bits per heavy atom. The van der Waals surface area contributed by atoms with E-state index < -0.39 is 10.0 Å². The van der Waals surface area contributed by atoms with Gasteiger partial charge in [-0.2, -0.15) is 4.98 Å². The van der Waals surface area contributed by atoms with Crippen molar-refractivity contribution in [3.05, 3.63) is 30.5 Å². The second-order valence-corrected chi connectivity index (χ2v) is 5.39. The van der Waals surface area contributed by atoms with Crippen LogP contribution in [0.1, 0.15) is 5.82 Å². The SMILES string of the molecule is CNc1cc(S(=O)(=O)NCCc2ncon2)ccn1. The molecule has 0 aliphatic rings. The van der Waals surface area contributed by atoms with E-state index >= 15 is 0 Å². The molecule has 0 amide bonds. The van der Waals surface area contributed by atoms with E-state index in [0.717, 1.165) is 0 Å². The first-order valence-corrected chi connectivity index (χ1v) is 6.99. The van der Waals surface area contributed by atoms with Crippen LogP contribution in [0.3, 0.4) is 0 Å². The maximum absolute atomic E-state index is 12.0. The van der Waals surface area contributed by atoms with Crippen LogP contribution >= 0.6 is 0 Å². The molecule has 0 atom stereocenters. The predicted molar refractivity (Wildman–Crippen MR) is 67.0 cm³/mol. The van der Waals surface area contributed by atoms with E-state index in [-0.39, 0.29) is 11.4 Å². The highest BCUT2D eigenvalue weighted by molar-refractivity contribution is 7.89. The summed E-state index contributed by atoms with van der Waals surface area (Å²) in [6.45, 7) is 0.194. The molecule has 2 aromatic heterocycles. The van der Waals surface area contributed by atoms with Crippen LogP contribution in [-0.2, 0) is 16.4 Å². The number of anilines is 1. The fourth-order valence-electron chi connectivity index (χ4n) is 1.40. The lowest BCUT2D eigenvalue weighted by Gasteiger charge is -2.06. The highest BCUT2D eigenvalue weighted by Crippen LogP contribution is 2.11. The fraction of sp³-hybridized carbons (Fsp3) is 0.300. The van der Waals surface area contributed by atoms with Gasteiger partial charge in [0.2, 0.25) is 16.4 Å². The van der Waals surface area contributed by atoms with Crippen molar-refractivity contribution in [3.8, 4) is 0 Å². The first-order valence-electron chi connectivity index (χ1n) is 5.50. The Bertz CT molecular complexity index is 626. The molecule has 8 nitrogen and oxygen atoms in total. The second-order valence-electron chi connectivity index (χ2n) is 3.62. The van der Waals surface area contributed by atoms with Gasteiger partial charge in [0, 0.05) is 32.3 Å². The van der Waals surface area contributed by atoms with Crippen LogP contribution < -0.4 is 10.0 Å². The highest BCUT2D eigenvalue weighted by atomic mass is 32.2. The molecule has 0 fully saturated rings. The van der Waals surface area contributed by atoms with E-state index in [1.165, 1.54) is 24.7 Å². The monoisotopic (exact) mass is 283 g/mol. The summed E-state index contributed by atoms with van der Waals surface area (Å²) in [5.41, 5.74) is 0. The van der Waals surface area contributed by atoms with Crippen LogP contribution in [0.15, 0.2) is 34.1 Å². The van der Waals surface area contributed by atoms with Gasteiger partial charge in [0.25, 0.3) is 0 Å². The van der Waals surface area contributed by atoms with Crippen molar-refractivity contribution >= 4 is 15.8 Å². The van der Waals surface area contributed by atoms with Crippen molar-refractivity contribution in [2.24, 2.45) is 0 Å². The molecule has 0 unspecified atom stereocenters. The molecular weight excluding hydrogens is 270 g/mol. The lowest BCUT2D eigenvalue weighted by molar-refractivity contribution is 0.410. The first kappa shape index (κ1) is 13.4. The lowest BCUT2D eigenvalue weighted by atomic mass is 10.4. The third-order valence-electron chi connectivity index (χ3n) is 2.35. The van der Waals surface area contributed by atoms with Gasteiger partial charge in [-0.25, -0.2) is 18.1 Å². The zero-order valence-corrected chi connectivity index (χ0v) is 11.0. The molecule has 0 radical (unpaired) electrons. The summed E-state index contributed by atoms with van der Waals surface area (Å²) in [7, 11) is -1.89. The van der Waals surface area contributed by atoms with Crippen molar-refractivity contribution < 1.29 is 12.9 Å². The minimum atomic E-state index is -3.56. The molecule has 2 rings (SSSR count). The van der Waals surface area contributed by atoms with Crippen LogP contribution in [0.25, 0.3) is 0 Å². The number of aromatic nitrogens is 3. The topological polar surface area (TPSA) is 110 Å². The maximum atomic E-state index is 12.0. The van der Waals surface area contributed by atoms with Crippen molar-refractivity contribution in [2.45, 2.75) is 11.3 Å². The molecule has 0 aromatic carbocycles. The van der Waals surface area contributed by atoms with Crippen LogP contribution in [0.5, 0.6) is 0 Å². The lowest BCUT2D eigenvalue weighted by Crippen LogP contribution is -2.26. The molecule has 9 heteroatoms. The molecule has 2 N–H and O–H groups in total. The Morgan fingerprint density at radius 2 is 2.21 bits per heavy atom. The number of nitrogens with one attached hydrogen (secondary N) is 2. The van der Waals surface area contributed by atoms with Gasteiger partial charge in [0.1, 0.15) is 5.82 Å². The average molecular weight is 283 g/mol. The van der Waals surface area contributed by atoms with Crippen LogP contribution in [-0.4, -0.2) is 37.1 Å². The Morgan fingerprint density at radius 1 is 1.37 bits per heavy atom. The van der Waals surface area contributed by atoms with Gasteiger partial charge in [0.15, 0.2) is 5.82 Å². The Balaban J connectivity index is 2.01. The Labute approximate surface area is 110 Å². The molecule has 2 aromatic rings. The fourth-order valence-corrected chi connectivity index (χ4v) is 2.44. The van der Waals surface area contributed by atoms with Crippen molar-refractivity contribution in [1.29, 1.82) is 0 Å². The van der Waals surface area contributed by atoms with Crippen LogP contribution in [0.2, 0.25) is 0 Å². The molecule has 0 aliphatic carbocycles. The van der Waals surface area contributed by atoms with E-state index in [9.17, 15) is 8.42 Å². The molecule has 19 heavy (non-hydrogen) atoms. The van der Waals surface area contributed by atoms with Gasteiger partial charge in [0.05, 0.1) is 4.90 Å². The summed E-state index contributed by atoms with van der Waals surface area (Å²) >= 11 is 0. The predicted octanol–water partition coefficient (Wildman–Crippen LogP) is 0.0273. The van der Waals surface area contributed by atoms with Crippen LogP contribution in [0.4, 0.5) is 5.82 Å². The summed E-state index contributed by atoms with van der Waals surface area (Å²) in [6.07, 6.45) is 2.99. The number of pyridine rings is 1. The maximum Gasteiger partial charge on any atom is 0.240 e. The van der Waals surface area contributed by atoms with Gasteiger partial charge in [-0.15, -0.1) is 0 Å². The minimum absolute atomic E-state index is 0.153. The van der Waals surface area contributed by atoms with Crippen molar-refractivity contribution in [1.82, 2.24) is 19.8 Å². The summed E-state index contributed by atoms with van der Waals surface area (Å²) in [5, 5.41) is 6.38. The molecule has 0 saturated heterocycles. The Kier molecular flexibility index (Phi) is 4.07. The summed E-state index contributed by atoms with van der Waals surface area (Å²) in [6, 6.07) is 2.88. The normalized spacial score (nSPS) is 11.4. The average Bonchev–Trinajstić information content (AvgIpc) is 2.92. The number of hydrogen-bond donors (Lipinski definition) is 2. The molecule has 102 valence electrons. The van der Waals surface area contributed by atoms with E-state index in [4.69, 9.17) is 0 Å². The van der Waals surface area contributed by atoms with Gasteiger partial charge in [-0.3, -0.25) is 0 Å². The Hall–Kier alpha value is -2.00. The smallest absolute Gasteiger partial charge is 0.240 e. The van der Waals surface area contributed by atoms with E-state index in [0.29, 0.717) is 18.1 Å². The molecule has 0 saturated carbocycles. The minimum Gasteiger partial charge on any atom is -0.373 e. The van der Waals surface area contributed by atoms with Gasteiger partial charge in [-0.1, -0.05) is 5.16 Å². The third-order valence-corrected chi connectivity index (χ3v) is 3.80. The number of hydrogen-bond acceptors (Lipinski definition) is 7. The quantitative estimate of drug-likeness (QED) is 0.769. The van der Waals surface area contributed by atoms with Gasteiger partial charge >= 0.3 is 0 Å². The number of nitrogens with zero attached hydrogens (tertiary/aromatic N) is 3. The third kappa shape index (κ3) is 3.48. The molecular formula is C10H13N5O3S. The largest absolute Gasteiger partial charge is 0.373 e. The van der Waals surface area contributed by atoms with E-state index in [2.05, 4.69) is 29.7 Å². The van der Waals surface area contributed by atoms with E-state index in [1.807, 2.05) is 0 Å².